The minimum absolute atomic E-state index is 0.368. The maximum absolute atomic E-state index is 6.75. The van der Waals surface area contributed by atoms with Crippen LogP contribution in [0.3, 0.4) is 0 Å². The molecule has 1 N–H and O–H groups in total. The smallest absolute Gasteiger partial charge is 0.160 e. The van der Waals surface area contributed by atoms with Crippen LogP contribution < -0.4 is 5.32 Å². The summed E-state index contributed by atoms with van der Waals surface area (Å²) in [7, 11) is 0. The largest absolute Gasteiger partial charge is 0.456 e. The number of aliphatic imine (C=N–C) groups is 2. The summed E-state index contributed by atoms with van der Waals surface area (Å²) in [6.45, 7) is 0. The molecule has 0 saturated heterocycles. The van der Waals surface area contributed by atoms with Crippen LogP contribution in [0.15, 0.2) is 195 Å². The van der Waals surface area contributed by atoms with Crippen LogP contribution in [-0.2, 0) is 0 Å². The molecule has 262 valence electrons. The summed E-state index contributed by atoms with van der Waals surface area (Å²) < 4.78 is 13.2. The molecule has 56 heavy (non-hydrogen) atoms. The monoisotopic (exact) mass is 717 g/mol. The zero-order chi connectivity index (χ0) is 36.7. The molecule has 0 spiro atoms. The first-order chi connectivity index (χ1) is 27.7. The van der Waals surface area contributed by atoms with Crippen LogP contribution in [-0.4, -0.2) is 11.7 Å². The van der Waals surface area contributed by atoms with E-state index in [2.05, 4.69) is 151 Å². The molecule has 0 saturated carbocycles. The van der Waals surface area contributed by atoms with Crippen molar-refractivity contribution in [1.82, 2.24) is 5.32 Å². The quantitative estimate of drug-likeness (QED) is 0.184. The van der Waals surface area contributed by atoms with Crippen molar-refractivity contribution >= 4 is 87.9 Å². The van der Waals surface area contributed by atoms with Gasteiger partial charge >= 0.3 is 0 Å². The average Bonchev–Trinajstić information content (AvgIpc) is 3.85. The number of amidine groups is 2. The highest BCUT2D eigenvalue weighted by atomic mass is 16.3. The fourth-order valence-corrected chi connectivity index (χ4v) is 8.64. The Kier molecular flexibility index (Phi) is 6.63. The summed E-state index contributed by atoms with van der Waals surface area (Å²) >= 11 is 0. The van der Waals surface area contributed by atoms with E-state index in [1.54, 1.807) is 0 Å². The minimum atomic E-state index is -0.368. The normalized spacial score (nSPS) is 14.6. The van der Waals surface area contributed by atoms with Gasteiger partial charge in [-0.25, -0.2) is 9.98 Å². The first-order valence-corrected chi connectivity index (χ1v) is 18.9. The minimum Gasteiger partial charge on any atom is -0.456 e. The summed E-state index contributed by atoms with van der Waals surface area (Å²) in [6, 6.07) is 61.5. The molecule has 1 atom stereocenters. The highest BCUT2D eigenvalue weighted by Gasteiger charge is 2.25. The molecule has 5 heteroatoms. The van der Waals surface area contributed by atoms with E-state index in [4.69, 9.17) is 18.8 Å². The standard InChI is InChI=1S/C51H31N3O2/c1-2-12-32(13-3-1)49-52-50(35-21-23-37-33(28-35)19-18-30-10-4-6-14-36(30)37)54-51(53-49)42-26-25-39(48-47(42)40-16-8-9-17-43(40)56-48)34-20-24-41-45(29-34)55-44-27-22-31-11-5-7-15-38(31)46(41)44/h1-29,50H,(H,52,53,54). The second-order valence-electron chi connectivity index (χ2n) is 14.5. The zero-order valence-electron chi connectivity index (χ0n) is 30.0. The van der Waals surface area contributed by atoms with Gasteiger partial charge in [0.25, 0.3) is 0 Å². The Bertz CT molecular complexity index is 3460. The van der Waals surface area contributed by atoms with Gasteiger partial charge in [-0.15, -0.1) is 0 Å². The third-order valence-corrected chi connectivity index (χ3v) is 11.3. The lowest BCUT2D eigenvalue weighted by Crippen LogP contribution is -2.33. The van der Waals surface area contributed by atoms with Crippen LogP contribution in [0.4, 0.5) is 0 Å². The summed E-state index contributed by atoms with van der Waals surface area (Å²) in [6.07, 6.45) is -0.368. The lowest BCUT2D eigenvalue weighted by atomic mass is 9.96. The third kappa shape index (κ3) is 4.74. The molecule has 1 aliphatic rings. The van der Waals surface area contributed by atoms with E-state index < -0.39 is 0 Å². The van der Waals surface area contributed by atoms with Crippen molar-refractivity contribution in [1.29, 1.82) is 0 Å². The molecule has 0 aliphatic carbocycles. The summed E-state index contributed by atoms with van der Waals surface area (Å²) in [4.78, 5) is 10.6. The number of hydrogen-bond acceptors (Lipinski definition) is 5. The Labute approximate surface area is 320 Å². The molecule has 1 unspecified atom stereocenters. The van der Waals surface area contributed by atoms with E-state index >= 15 is 0 Å². The van der Waals surface area contributed by atoms with Gasteiger partial charge in [0, 0.05) is 38.2 Å². The third-order valence-electron chi connectivity index (χ3n) is 11.3. The highest BCUT2D eigenvalue weighted by Crippen LogP contribution is 2.42. The van der Waals surface area contributed by atoms with Crippen molar-refractivity contribution in [3.63, 3.8) is 0 Å². The van der Waals surface area contributed by atoms with Gasteiger partial charge in [0.05, 0.1) is 0 Å². The Morgan fingerprint density at radius 2 is 1.11 bits per heavy atom. The van der Waals surface area contributed by atoms with E-state index in [9.17, 15) is 0 Å². The number of nitrogens with one attached hydrogen (secondary N) is 1. The van der Waals surface area contributed by atoms with Gasteiger partial charge in [-0.1, -0.05) is 133 Å². The van der Waals surface area contributed by atoms with E-state index in [1.165, 1.54) is 32.3 Å². The van der Waals surface area contributed by atoms with Crippen molar-refractivity contribution in [2.75, 3.05) is 0 Å². The van der Waals surface area contributed by atoms with Crippen LogP contribution in [0.2, 0.25) is 0 Å². The number of furan rings is 2. The van der Waals surface area contributed by atoms with Gasteiger partial charge in [-0.3, -0.25) is 0 Å². The van der Waals surface area contributed by atoms with Crippen molar-refractivity contribution in [3.05, 3.63) is 193 Å². The van der Waals surface area contributed by atoms with E-state index in [0.29, 0.717) is 5.84 Å². The van der Waals surface area contributed by atoms with Gasteiger partial charge in [-0.2, -0.15) is 0 Å². The predicted molar refractivity (Wildman–Crippen MR) is 231 cm³/mol. The van der Waals surface area contributed by atoms with Crippen LogP contribution in [0.25, 0.3) is 87.3 Å². The van der Waals surface area contributed by atoms with Crippen molar-refractivity contribution in [2.24, 2.45) is 9.98 Å². The first kappa shape index (κ1) is 30.9. The SMILES string of the molecule is c1ccc(C2=NC(c3ccc(-c4ccc5c(c4)oc4ccc6ccccc6c45)c4oc5ccccc5c34)=NC(c3ccc4c(ccc5ccccc54)c3)N2)cc1. The fourth-order valence-electron chi connectivity index (χ4n) is 8.64. The van der Waals surface area contributed by atoms with E-state index in [0.717, 1.165) is 77.5 Å². The molecular weight excluding hydrogens is 687 g/mol. The zero-order valence-corrected chi connectivity index (χ0v) is 30.0. The lowest BCUT2D eigenvalue weighted by Gasteiger charge is -2.24. The number of nitrogens with zero attached hydrogens (tertiary/aromatic N) is 2. The van der Waals surface area contributed by atoms with Gasteiger partial charge in [0.2, 0.25) is 0 Å². The van der Waals surface area contributed by atoms with Crippen LogP contribution >= 0.6 is 0 Å². The van der Waals surface area contributed by atoms with Crippen molar-refractivity contribution < 1.29 is 8.83 Å². The lowest BCUT2D eigenvalue weighted by molar-refractivity contribution is 0.668. The van der Waals surface area contributed by atoms with Gasteiger partial charge < -0.3 is 14.2 Å². The van der Waals surface area contributed by atoms with Gasteiger partial charge in [-0.05, 0) is 85.9 Å². The Balaban J connectivity index is 1.04. The van der Waals surface area contributed by atoms with Gasteiger partial charge in [0.15, 0.2) is 5.84 Å². The Morgan fingerprint density at radius 1 is 0.429 bits per heavy atom. The predicted octanol–water partition coefficient (Wildman–Crippen LogP) is 13.1. The van der Waals surface area contributed by atoms with Crippen LogP contribution in [0.5, 0.6) is 0 Å². The maximum Gasteiger partial charge on any atom is 0.160 e. The Hall–Kier alpha value is -7.50. The number of fused-ring (bicyclic) bond motifs is 11. The maximum atomic E-state index is 6.75. The summed E-state index contributed by atoms with van der Waals surface area (Å²) in [5.41, 5.74) is 8.28. The van der Waals surface area contributed by atoms with Gasteiger partial charge in [0.1, 0.15) is 34.3 Å². The Morgan fingerprint density at radius 3 is 2.00 bits per heavy atom. The van der Waals surface area contributed by atoms with E-state index in [1.807, 2.05) is 30.3 Å². The molecule has 0 bridgehead atoms. The molecule has 0 fully saturated rings. The number of para-hydroxylation sites is 1. The molecule has 9 aromatic carbocycles. The summed E-state index contributed by atoms with van der Waals surface area (Å²) in [5, 5.41) is 15.2. The molecule has 1 aliphatic heterocycles. The first-order valence-electron chi connectivity index (χ1n) is 18.9. The number of benzene rings is 9. The molecule has 0 radical (unpaired) electrons. The molecule has 2 aromatic heterocycles. The van der Waals surface area contributed by atoms with Crippen molar-refractivity contribution in [2.45, 2.75) is 6.17 Å². The number of hydrogen-bond donors (Lipinski definition) is 1. The molecular formula is C51H31N3O2. The molecule has 12 rings (SSSR count). The molecule has 5 nitrogen and oxygen atoms in total. The second kappa shape index (κ2) is 12.0. The van der Waals surface area contributed by atoms with Crippen LogP contribution in [0.1, 0.15) is 22.9 Å². The summed E-state index contributed by atoms with van der Waals surface area (Å²) in [5.74, 6) is 1.42. The molecule has 0 amide bonds. The van der Waals surface area contributed by atoms with E-state index in [-0.39, 0.29) is 6.17 Å². The van der Waals surface area contributed by atoms with Crippen molar-refractivity contribution in [3.8, 4) is 11.1 Å². The second-order valence-corrected chi connectivity index (χ2v) is 14.5. The topological polar surface area (TPSA) is 63.0 Å². The average molecular weight is 718 g/mol. The van der Waals surface area contributed by atoms with Crippen LogP contribution in [0, 0.1) is 0 Å². The number of rotatable bonds is 4. The molecule has 3 heterocycles. The highest BCUT2D eigenvalue weighted by molar-refractivity contribution is 6.24. The fraction of sp³-hybridized carbons (Fsp3) is 0.0196. The molecule has 11 aromatic rings.